The second-order valence-electron chi connectivity index (χ2n) is 8.51. The summed E-state index contributed by atoms with van der Waals surface area (Å²) in [5, 5.41) is 15.3. The molecule has 0 aliphatic carbocycles. The number of carbonyl (C=O) groups is 1. The molecule has 0 spiro atoms. The summed E-state index contributed by atoms with van der Waals surface area (Å²) in [6.07, 6.45) is 1.70. The number of nitrogens with zero attached hydrogens (tertiary/aromatic N) is 5. The smallest absolute Gasteiger partial charge is 0.227 e. The van der Waals surface area contributed by atoms with Crippen LogP contribution >= 0.6 is 0 Å². The zero-order valence-corrected chi connectivity index (χ0v) is 18.3. The van der Waals surface area contributed by atoms with Gasteiger partial charge in [0.2, 0.25) is 5.91 Å². The van der Waals surface area contributed by atoms with Gasteiger partial charge in [0.05, 0.1) is 11.4 Å². The van der Waals surface area contributed by atoms with E-state index in [2.05, 4.69) is 31.7 Å². The highest BCUT2D eigenvalue weighted by atomic mass is 16.6. The Bertz CT molecular complexity index is 1240. The molecule has 0 unspecified atom stereocenters. The monoisotopic (exact) mass is 430 g/mol. The molecule has 0 bridgehead atoms. The largest absolute Gasteiger partial charge is 0.326 e. The molecule has 1 aliphatic heterocycles. The maximum Gasteiger partial charge on any atom is 0.227 e. The Morgan fingerprint density at radius 3 is 2.50 bits per heavy atom. The van der Waals surface area contributed by atoms with Crippen LogP contribution in [-0.4, -0.2) is 44.0 Å². The summed E-state index contributed by atoms with van der Waals surface area (Å²) >= 11 is 0. The number of fused-ring (bicyclic) bond motifs is 1. The lowest BCUT2D eigenvalue weighted by Gasteiger charge is -2.31. The van der Waals surface area contributed by atoms with E-state index in [9.17, 15) is 4.79 Å². The van der Waals surface area contributed by atoms with Crippen LogP contribution in [0.1, 0.15) is 29.8 Å². The highest BCUT2D eigenvalue weighted by Crippen LogP contribution is 2.23. The van der Waals surface area contributed by atoms with Crippen molar-refractivity contribution in [3.63, 3.8) is 0 Å². The first kappa shape index (κ1) is 20.4. The number of aromatic nitrogens is 4. The molecule has 32 heavy (non-hydrogen) atoms. The number of likely N-dealkylation sites (tertiary alicyclic amines) is 1. The van der Waals surface area contributed by atoms with Crippen molar-refractivity contribution in [1.82, 2.24) is 25.0 Å². The number of aryl methyl sites for hydroxylation is 2. The molecule has 3 heterocycles. The van der Waals surface area contributed by atoms with Gasteiger partial charge in [-0.25, -0.2) is 9.31 Å². The van der Waals surface area contributed by atoms with Crippen LogP contribution in [-0.2, 0) is 11.3 Å². The van der Waals surface area contributed by atoms with Crippen LogP contribution in [0, 0.1) is 19.8 Å². The van der Waals surface area contributed by atoms with Crippen molar-refractivity contribution in [1.29, 1.82) is 0 Å². The fourth-order valence-electron chi connectivity index (χ4n) is 4.36. The molecule has 0 saturated carbocycles. The molecule has 8 nitrogen and oxygen atoms in total. The summed E-state index contributed by atoms with van der Waals surface area (Å²) in [5.41, 5.74) is 6.61. The minimum atomic E-state index is 0.0316. The lowest BCUT2D eigenvalue weighted by molar-refractivity contribution is -0.121. The molecule has 4 aromatic rings. The number of hydrogen-bond acceptors (Lipinski definition) is 6. The molecule has 1 fully saturated rings. The van der Waals surface area contributed by atoms with E-state index in [1.54, 1.807) is 0 Å². The zero-order chi connectivity index (χ0) is 22.1. The van der Waals surface area contributed by atoms with Gasteiger partial charge in [-0.15, -0.1) is 0 Å². The summed E-state index contributed by atoms with van der Waals surface area (Å²) in [4.78, 5) is 15.2. The van der Waals surface area contributed by atoms with Gasteiger partial charge in [0.15, 0.2) is 0 Å². The molecule has 2 aromatic heterocycles. The van der Waals surface area contributed by atoms with Crippen LogP contribution in [0.4, 0.5) is 5.69 Å². The molecule has 0 atom stereocenters. The van der Waals surface area contributed by atoms with E-state index in [0.717, 1.165) is 66.3 Å². The molecule has 2 aromatic carbocycles. The Morgan fingerprint density at radius 2 is 1.78 bits per heavy atom. The Kier molecular flexibility index (Phi) is 5.45. The highest BCUT2D eigenvalue weighted by Gasteiger charge is 2.25. The first-order chi connectivity index (χ1) is 15.5. The molecule has 1 amide bonds. The van der Waals surface area contributed by atoms with Crippen LogP contribution in [0.2, 0.25) is 0 Å². The number of anilines is 1. The summed E-state index contributed by atoms with van der Waals surface area (Å²) in [7, 11) is 0. The standard InChI is InChI=1S/C24H26N6O2/c1-16-13-17(2)30(26-16)21-6-4-20(5-7-21)25-24(31)19-9-11-29(12-10-19)15-18-3-8-22-23(14-18)28-32-27-22/h3-8,13-14,19H,9-12,15H2,1-2H3,(H,25,31). The Balaban J connectivity index is 1.14. The lowest BCUT2D eigenvalue weighted by atomic mass is 9.95. The number of nitrogens with one attached hydrogen (secondary N) is 1. The second-order valence-corrected chi connectivity index (χ2v) is 8.51. The number of carbonyl (C=O) groups excluding carboxylic acids is 1. The van der Waals surface area contributed by atoms with E-state index in [1.807, 2.05) is 61.0 Å². The van der Waals surface area contributed by atoms with Crippen molar-refractivity contribution in [3.8, 4) is 5.69 Å². The Morgan fingerprint density at radius 1 is 1.03 bits per heavy atom. The first-order valence-electron chi connectivity index (χ1n) is 10.9. The van der Waals surface area contributed by atoms with E-state index in [0.29, 0.717) is 0 Å². The van der Waals surface area contributed by atoms with Crippen LogP contribution in [0.25, 0.3) is 16.7 Å². The summed E-state index contributed by atoms with van der Waals surface area (Å²) in [6.45, 7) is 6.64. The summed E-state index contributed by atoms with van der Waals surface area (Å²) in [6, 6.07) is 15.9. The van der Waals surface area contributed by atoms with Gasteiger partial charge in [0.25, 0.3) is 0 Å². The molecule has 1 aliphatic rings. The van der Waals surface area contributed by atoms with Crippen LogP contribution < -0.4 is 5.32 Å². The summed E-state index contributed by atoms with van der Waals surface area (Å²) in [5.74, 6) is 0.128. The average Bonchev–Trinajstić information content (AvgIpc) is 3.40. The Hall–Kier alpha value is -3.52. The van der Waals surface area contributed by atoms with Crippen LogP contribution in [0.3, 0.4) is 0 Å². The van der Waals surface area contributed by atoms with Crippen molar-refractivity contribution in [3.05, 3.63) is 65.5 Å². The fourth-order valence-corrected chi connectivity index (χ4v) is 4.36. The van der Waals surface area contributed by atoms with Gasteiger partial charge in [-0.2, -0.15) is 5.10 Å². The van der Waals surface area contributed by atoms with Crippen molar-refractivity contribution in [2.24, 2.45) is 5.92 Å². The maximum absolute atomic E-state index is 12.8. The zero-order valence-electron chi connectivity index (χ0n) is 18.3. The number of benzene rings is 2. The first-order valence-corrected chi connectivity index (χ1v) is 10.9. The number of amides is 1. The van der Waals surface area contributed by atoms with Crippen molar-refractivity contribution >= 4 is 22.6 Å². The van der Waals surface area contributed by atoms with Gasteiger partial charge in [-0.05, 0) is 98.1 Å². The van der Waals surface area contributed by atoms with Crippen molar-refractivity contribution in [2.45, 2.75) is 33.2 Å². The number of hydrogen-bond donors (Lipinski definition) is 1. The molecule has 0 radical (unpaired) electrons. The van der Waals surface area contributed by atoms with Gasteiger partial charge in [0.1, 0.15) is 11.0 Å². The lowest BCUT2D eigenvalue weighted by Crippen LogP contribution is -2.37. The third kappa shape index (κ3) is 4.27. The Labute approximate surface area is 186 Å². The maximum atomic E-state index is 12.8. The van der Waals surface area contributed by atoms with Gasteiger partial charge in [-0.1, -0.05) is 6.07 Å². The van der Waals surface area contributed by atoms with Crippen molar-refractivity contribution < 1.29 is 9.42 Å². The van der Waals surface area contributed by atoms with Crippen LogP contribution in [0.15, 0.2) is 53.2 Å². The van der Waals surface area contributed by atoms with E-state index >= 15 is 0 Å². The number of piperidine rings is 1. The predicted octanol–water partition coefficient (Wildman–Crippen LogP) is 3.88. The van der Waals surface area contributed by atoms with E-state index in [4.69, 9.17) is 4.63 Å². The van der Waals surface area contributed by atoms with E-state index in [-0.39, 0.29) is 11.8 Å². The van der Waals surface area contributed by atoms with Gasteiger partial charge in [-0.3, -0.25) is 9.69 Å². The topological polar surface area (TPSA) is 89.1 Å². The molecule has 8 heteroatoms. The summed E-state index contributed by atoms with van der Waals surface area (Å²) < 4.78 is 6.68. The SMILES string of the molecule is Cc1cc(C)n(-c2ccc(NC(=O)C3CCN(Cc4ccc5nonc5c4)CC3)cc2)n1. The van der Waals surface area contributed by atoms with Crippen LogP contribution in [0.5, 0.6) is 0 Å². The molecular formula is C24H26N6O2. The van der Waals surface area contributed by atoms with Gasteiger partial charge in [0, 0.05) is 23.8 Å². The molecular weight excluding hydrogens is 404 g/mol. The molecule has 1 saturated heterocycles. The van der Waals surface area contributed by atoms with Crippen molar-refractivity contribution in [2.75, 3.05) is 18.4 Å². The molecule has 5 rings (SSSR count). The van der Waals surface area contributed by atoms with Gasteiger partial charge < -0.3 is 5.32 Å². The quantitative estimate of drug-likeness (QED) is 0.517. The normalized spacial score (nSPS) is 15.3. The van der Waals surface area contributed by atoms with E-state index in [1.165, 1.54) is 5.56 Å². The molecule has 164 valence electrons. The second kappa shape index (κ2) is 8.55. The fraction of sp³-hybridized carbons (Fsp3) is 0.333. The third-order valence-corrected chi connectivity index (χ3v) is 6.07. The minimum absolute atomic E-state index is 0.0316. The highest BCUT2D eigenvalue weighted by molar-refractivity contribution is 5.92. The minimum Gasteiger partial charge on any atom is -0.326 e. The third-order valence-electron chi connectivity index (χ3n) is 6.07. The number of rotatable bonds is 5. The van der Waals surface area contributed by atoms with E-state index < -0.39 is 0 Å². The average molecular weight is 431 g/mol. The van der Waals surface area contributed by atoms with Gasteiger partial charge >= 0.3 is 0 Å². The predicted molar refractivity (Wildman–Crippen MR) is 121 cm³/mol. The molecule has 1 N–H and O–H groups in total.